The van der Waals surface area contributed by atoms with Gasteiger partial charge >= 0.3 is 0 Å². The lowest BCUT2D eigenvalue weighted by atomic mass is 10.1. The molecule has 0 spiro atoms. The molecule has 3 heteroatoms. The monoisotopic (exact) mass is 212 g/mol. The number of nitrogens with zero attached hydrogens (tertiary/aromatic N) is 3. The number of hydrogen-bond acceptors (Lipinski definition) is 2. The van der Waals surface area contributed by atoms with Gasteiger partial charge in [0, 0.05) is 32.2 Å². The van der Waals surface area contributed by atoms with Crippen molar-refractivity contribution in [1.82, 2.24) is 15.1 Å². The Morgan fingerprint density at radius 3 is 2.20 bits per heavy atom. The number of hydrogen-bond donors (Lipinski definition) is 0. The molecule has 89 valence electrons. The summed E-state index contributed by atoms with van der Waals surface area (Å²) in [5.74, 6) is 0. The molecule has 0 amide bonds. The summed E-state index contributed by atoms with van der Waals surface area (Å²) in [5, 5.41) is 4.40. The first kappa shape index (κ1) is 12.9. The molecule has 1 radical (unpaired) electrons. The van der Waals surface area contributed by atoms with Gasteiger partial charge in [-0.05, 0) is 33.0 Å². The Morgan fingerprint density at radius 1 is 1.07 bits per heavy atom. The highest BCUT2D eigenvalue weighted by Crippen LogP contribution is 2.10. The summed E-state index contributed by atoms with van der Waals surface area (Å²) in [6.45, 7) is 11.4. The highest BCUT2D eigenvalue weighted by Gasteiger charge is 2.18. The Morgan fingerprint density at radius 2 is 1.67 bits per heavy atom. The van der Waals surface area contributed by atoms with E-state index in [4.69, 9.17) is 0 Å². The summed E-state index contributed by atoms with van der Waals surface area (Å²) in [6.07, 6.45) is 2.52. The van der Waals surface area contributed by atoms with Gasteiger partial charge in [-0.1, -0.05) is 13.8 Å². The van der Waals surface area contributed by atoms with Crippen molar-refractivity contribution in [1.29, 1.82) is 0 Å². The minimum atomic E-state index is 0.776. The van der Waals surface area contributed by atoms with E-state index in [0.29, 0.717) is 0 Å². The second-order valence-corrected chi connectivity index (χ2v) is 4.41. The summed E-state index contributed by atoms with van der Waals surface area (Å²) in [5.41, 5.74) is 0. The first-order valence-corrected chi connectivity index (χ1v) is 6.33. The SMILES string of the molecule is CCN(CC)CCN(C)C1CC[N]CC1. The summed E-state index contributed by atoms with van der Waals surface area (Å²) in [7, 11) is 2.26. The van der Waals surface area contributed by atoms with Crippen LogP contribution in [0.4, 0.5) is 0 Å². The maximum Gasteiger partial charge on any atom is 0.0148 e. The van der Waals surface area contributed by atoms with Gasteiger partial charge in [0.15, 0.2) is 0 Å². The van der Waals surface area contributed by atoms with Crippen molar-refractivity contribution in [2.45, 2.75) is 32.7 Å². The van der Waals surface area contributed by atoms with Crippen LogP contribution in [0.25, 0.3) is 0 Å². The van der Waals surface area contributed by atoms with Gasteiger partial charge in [-0.15, -0.1) is 0 Å². The molecule has 0 bridgehead atoms. The Hall–Kier alpha value is -0.120. The summed E-state index contributed by atoms with van der Waals surface area (Å²) in [4.78, 5) is 5.01. The van der Waals surface area contributed by atoms with E-state index in [0.717, 1.165) is 19.1 Å². The van der Waals surface area contributed by atoms with Gasteiger partial charge in [0.25, 0.3) is 0 Å². The Bertz CT molecular complexity index is 151. The minimum Gasteiger partial charge on any atom is -0.303 e. The zero-order valence-electron chi connectivity index (χ0n) is 10.6. The van der Waals surface area contributed by atoms with Crippen molar-refractivity contribution in [3.63, 3.8) is 0 Å². The van der Waals surface area contributed by atoms with Gasteiger partial charge in [-0.2, -0.15) is 0 Å². The quantitative estimate of drug-likeness (QED) is 0.655. The normalized spacial score (nSPS) is 19.0. The fourth-order valence-corrected chi connectivity index (χ4v) is 2.20. The molecule has 0 unspecified atom stereocenters. The van der Waals surface area contributed by atoms with Crippen molar-refractivity contribution >= 4 is 0 Å². The molecule has 1 fully saturated rings. The van der Waals surface area contributed by atoms with E-state index < -0.39 is 0 Å². The highest BCUT2D eigenvalue weighted by molar-refractivity contribution is 4.75. The van der Waals surface area contributed by atoms with E-state index in [1.54, 1.807) is 0 Å². The third-order valence-electron chi connectivity index (χ3n) is 3.53. The molecule has 15 heavy (non-hydrogen) atoms. The fourth-order valence-electron chi connectivity index (χ4n) is 2.20. The Balaban J connectivity index is 2.18. The molecule has 0 aromatic rings. The zero-order valence-corrected chi connectivity index (χ0v) is 10.6. The van der Waals surface area contributed by atoms with Crippen molar-refractivity contribution < 1.29 is 0 Å². The van der Waals surface area contributed by atoms with Crippen molar-refractivity contribution in [2.24, 2.45) is 0 Å². The smallest absolute Gasteiger partial charge is 0.0148 e. The highest BCUT2D eigenvalue weighted by atomic mass is 15.2. The molecule has 1 saturated heterocycles. The lowest BCUT2D eigenvalue weighted by Gasteiger charge is -2.32. The van der Waals surface area contributed by atoms with Crippen LogP contribution in [0.15, 0.2) is 0 Å². The molecule has 0 aliphatic carbocycles. The predicted molar refractivity (Wildman–Crippen MR) is 65.3 cm³/mol. The van der Waals surface area contributed by atoms with E-state index >= 15 is 0 Å². The average Bonchev–Trinajstić information content (AvgIpc) is 2.31. The van der Waals surface area contributed by atoms with Crippen LogP contribution in [-0.4, -0.2) is 62.2 Å². The van der Waals surface area contributed by atoms with Gasteiger partial charge in [-0.25, -0.2) is 5.32 Å². The molecular weight excluding hydrogens is 186 g/mol. The average molecular weight is 212 g/mol. The number of rotatable bonds is 6. The lowest BCUT2D eigenvalue weighted by molar-refractivity contribution is 0.169. The largest absolute Gasteiger partial charge is 0.303 e. The zero-order chi connectivity index (χ0) is 11.1. The van der Waals surface area contributed by atoms with Crippen LogP contribution in [0.3, 0.4) is 0 Å². The molecule has 1 aliphatic heterocycles. The summed E-state index contributed by atoms with van der Waals surface area (Å²) >= 11 is 0. The third-order valence-corrected chi connectivity index (χ3v) is 3.53. The van der Waals surface area contributed by atoms with Crippen molar-refractivity contribution in [3.8, 4) is 0 Å². The first-order chi connectivity index (χ1) is 7.27. The van der Waals surface area contributed by atoms with E-state index in [2.05, 4.69) is 36.0 Å². The molecule has 0 aromatic carbocycles. The molecule has 0 aromatic heterocycles. The van der Waals surface area contributed by atoms with Gasteiger partial charge in [0.2, 0.25) is 0 Å². The van der Waals surface area contributed by atoms with Crippen LogP contribution < -0.4 is 5.32 Å². The summed E-state index contributed by atoms with van der Waals surface area (Å²) in [6, 6.07) is 0.776. The van der Waals surface area contributed by atoms with Crippen LogP contribution >= 0.6 is 0 Å². The minimum absolute atomic E-state index is 0.776. The van der Waals surface area contributed by atoms with Gasteiger partial charge in [0.05, 0.1) is 0 Å². The van der Waals surface area contributed by atoms with Gasteiger partial charge in [-0.3, -0.25) is 0 Å². The maximum atomic E-state index is 4.40. The van der Waals surface area contributed by atoms with E-state index in [1.165, 1.54) is 39.0 Å². The lowest BCUT2D eigenvalue weighted by Crippen LogP contribution is -2.42. The molecule has 1 rings (SSSR count). The number of piperidine rings is 1. The van der Waals surface area contributed by atoms with Gasteiger partial charge < -0.3 is 9.80 Å². The molecule has 0 atom stereocenters. The number of likely N-dealkylation sites (N-methyl/N-ethyl adjacent to an activating group) is 2. The molecule has 1 heterocycles. The van der Waals surface area contributed by atoms with Crippen LogP contribution in [0, 0.1) is 0 Å². The predicted octanol–water partition coefficient (Wildman–Crippen LogP) is 1.03. The Labute approximate surface area is 94.8 Å². The van der Waals surface area contributed by atoms with Crippen molar-refractivity contribution in [3.05, 3.63) is 0 Å². The van der Waals surface area contributed by atoms with Crippen LogP contribution in [0.5, 0.6) is 0 Å². The Kier molecular flexibility index (Phi) is 6.22. The standard InChI is InChI=1S/C12H26N3/c1-4-15(5-2)11-10-14(3)12-6-8-13-9-7-12/h12H,4-11H2,1-3H3. The van der Waals surface area contributed by atoms with Crippen LogP contribution in [-0.2, 0) is 0 Å². The summed E-state index contributed by atoms with van der Waals surface area (Å²) < 4.78 is 0. The maximum absolute atomic E-state index is 4.40. The second-order valence-electron chi connectivity index (χ2n) is 4.41. The van der Waals surface area contributed by atoms with E-state index in [-0.39, 0.29) is 0 Å². The molecule has 0 saturated carbocycles. The molecule has 3 nitrogen and oxygen atoms in total. The fraction of sp³-hybridized carbons (Fsp3) is 1.00. The van der Waals surface area contributed by atoms with Crippen molar-refractivity contribution in [2.75, 3.05) is 46.3 Å². The first-order valence-electron chi connectivity index (χ1n) is 6.33. The second kappa shape index (κ2) is 7.20. The molecule has 1 aliphatic rings. The van der Waals surface area contributed by atoms with Crippen LogP contribution in [0.1, 0.15) is 26.7 Å². The van der Waals surface area contributed by atoms with E-state index in [1.807, 2.05) is 0 Å². The molecule has 0 N–H and O–H groups in total. The third kappa shape index (κ3) is 4.49. The van der Waals surface area contributed by atoms with E-state index in [9.17, 15) is 0 Å². The van der Waals surface area contributed by atoms with Gasteiger partial charge in [0.1, 0.15) is 0 Å². The van der Waals surface area contributed by atoms with Crippen LogP contribution in [0.2, 0.25) is 0 Å². The topological polar surface area (TPSA) is 20.6 Å². The molecular formula is C12H26N3.